The van der Waals surface area contributed by atoms with Crippen molar-refractivity contribution in [2.45, 2.75) is 51.6 Å². The van der Waals surface area contributed by atoms with Crippen LogP contribution < -0.4 is 15.5 Å². The fourth-order valence-corrected chi connectivity index (χ4v) is 4.92. The van der Waals surface area contributed by atoms with E-state index < -0.39 is 0 Å². The predicted octanol–water partition coefficient (Wildman–Crippen LogP) is 3.00. The molecule has 0 aromatic carbocycles. The average Bonchev–Trinajstić information content (AvgIpc) is 3.31. The molecule has 1 atom stereocenters. The molecule has 1 aromatic heterocycles. The number of piperidine rings is 1. The molecule has 0 spiro atoms. The van der Waals surface area contributed by atoms with Gasteiger partial charge in [0.15, 0.2) is 5.96 Å². The van der Waals surface area contributed by atoms with Crippen molar-refractivity contribution in [3.05, 3.63) is 17.5 Å². The third-order valence-corrected chi connectivity index (χ3v) is 6.41. The second-order valence-electron chi connectivity index (χ2n) is 7.99. The highest BCUT2D eigenvalue weighted by Gasteiger charge is 2.25. The summed E-state index contributed by atoms with van der Waals surface area (Å²) < 4.78 is 0. The maximum atomic E-state index is 4.46. The van der Waals surface area contributed by atoms with Gasteiger partial charge in [-0.15, -0.1) is 11.3 Å². The summed E-state index contributed by atoms with van der Waals surface area (Å²) in [6, 6.07) is 5.54. The Hall–Kier alpha value is -1.27. The van der Waals surface area contributed by atoms with Gasteiger partial charge in [0.05, 0.1) is 5.00 Å². The minimum Gasteiger partial charge on any atom is -0.363 e. The van der Waals surface area contributed by atoms with Gasteiger partial charge in [-0.2, -0.15) is 0 Å². The molecule has 0 bridgehead atoms. The van der Waals surface area contributed by atoms with E-state index in [4.69, 9.17) is 0 Å². The summed E-state index contributed by atoms with van der Waals surface area (Å²) in [6.07, 6.45) is 4.96. The van der Waals surface area contributed by atoms with Crippen LogP contribution in [-0.2, 0) is 0 Å². The highest BCUT2D eigenvalue weighted by atomic mass is 32.1. The summed E-state index contributed by atoms with van der Waals surface area (Å²) in [5.74, 6) is 1.71. The monoisotopic (exact) mass is 377 g/mol. The standard InChI is InChI=1S/C20H35N5S/c1-16(2)15-25-10-4-6-18(25)14-22-20(21-3)23-17-8-11-24(12-9-17)19-7-5-13-26-19/h5,7,13,16-18H,4,6,8-12,14-15H2,1-3H3,(H2,21,22,23)/t18-/m1/s1. The molecule has 146 valence electrons. The first kappa shape index (κ1) is 19.5. The van der Waals surface area contributed by atoms with Gasteiger partial charge in [0.25, 0.3) is 0 Å². The smallest absolute Gasteiger partial charge is 0.191 e. The van der Waals surface area contributed by atoms with E-state index >= 15 is 0 Å². The number of anilines is 1. The van der Waals surface area contributed by atoms with Gasteiger partial charge in [-0.25, -0.2) is 0 Å². The molecule has 2 fully saturated rings. The molecule has 2 aliphatic rings. The Morgan fingerprint density at radius 2 is 2.08 bits per heavy atom. The summed E-state index contributed by atoms with van der Waals surface area (Å²) in [5, 5.41) is 10.8. The molecule has 0 amide bonds. The van der Waals surface area contributed by atoms with Crippen LogP contribution in [-0.4, -0.2) is 62.7 Å². The highest BCUT2D eigenvalue weighted by Crippen LogP contribution is 2.24. The molecule has 2 N–H and O–H groups in total. The fourth-order valence-electron chi connectivity index (χ4n) is 4.13. The molecule has 0 saturated carbocycles. The van der Waals surface area contributed by atoms with E-state index in [1.165, 1.54) is 43.8 Å². The van der Waals surface area contributed by atoms with Crippen molar-refractivity contribution >= 4 is 22.3 Å². The van der Waals surface area contributed by atoms with Gasteiger partial charge in [0.1, 0.15) is 0 Å². The molecule has 2 aliphatic heterocycles. The van der Waals surface area contributed by atoms with Crippen LogP contribution >= 0.6 is 11.3 Å². The van der Waals surface area contributed by atoms with Crippen LogP contribution in [0.25, 0.3) is 0 Å². The van der Waals surface area contributed by atoms with E-state index in [-0.39, 0.29) is 0 Å². The largest absolute Gasteiger partial charge is 0.363 e. The lowest BCUT2D eigenvalue weighted by Crippen LogP contribution is -2.51. The lowest BCUT2D eigenvalue weighted by atomic mass is 10.1. The van der Waals surface area contributed by atoms with Crippen LogP contribution in [0.15, 0.2) is 22.5 Å². The number of hydrogen-bond acceptors (Lipinski definition) is 4. The lowest BCUT2D eigenvalue weighted by Gasteiger charge is -2.34. The van der Waals surface area contributed by atoms with Crippen molar-refractivity contribution < 1.29 is 0 Å². The van der Waals surface area contributed by atoms with Gasteiger partial charge in [-0.05, 0) is 55.7 Å². The third-order valence-electron chi connectivity index (χ3n) is 5.48. The molecule has 2 saturated heterocycles. The number of likely N-dealkylation sites (tertiary alicyclic amines) is 1. The van der Waals surface area contributed by atoms with Crippen LogP contribution in [0.3, 0.4) is 0 Å². The quantitative estimate of drug-likeness (QED) is 0.591. The molecule has 1 aromatic rings. The SMILES string of the molecule is CN=C(NC[C@H]1CCCN1CC(C)C)NC1CCN(c2cccs2)CC1. The van der Waals surface area contributed by atoms with E-state index in [1.54, 1.807) is 0 Å². The number of aliphatic imine (C=N–C) groups is 1. The molecular weight excluding hydrogens is 342 g/mol. The van der Waals surface area contributed by atoms with Crippen molar-refractivity contribution in [1.29, 1.82) is 0 Å². The van der Waals surface area contributed by atoms with Crippen LogP contribution in [0.5, 0.6) is 0 Å². The summed E-state index contributed by atoms with van der Waals surface area (Å²) in [7, 11) is 1.89. The summed E-state index contributed by atoms with van der Waals surface area (Å²) >= 11 is 1.84. The van der Waals surface area contributed by atoms with Crippen LogP contribution in [0.1, 0.15) is 39.5 Å². The molecule has 3 heterocycles. The second-order valence-corrected chi connectivity index (χ2v) is 8.92. The third kappa shape index (κ3) is 5.36. The Labute approximate surface area is 162 Å². The number of guanidine groups is 1. The molecule has 6 heteroatoms. The van der Waals surface area contributed by atoms with Gasteiger partial charge in [0, 0.05) is 45.3 Å². The molecule has 5 nitrogen and oxygen atoms in total. The average molecular weight is 378 g/mol. The highest BCUT2D eigenvalue weighted by molar-refractivity contribution is 7.14. The fraction of sp³-hybridized carbons (Fsp3) is 0.750. The molecule has 3 rings (SSSR count). The molecule has 0 aliphatic carbocycles. The predicted molar refractivity (Wildman–Crippen MR) is 113 cm³/mol. The molecule has 0 unspecified atom stereocenters. The van der Waals surface area contributed by atoms with Crippen molar-refractivity contribution in [2.75, 3.05) is 44.7 Å². The minimum absolute atomic E-state index is 0.521. The van der Waals surface area contributed by atoms with Crippen LogP contribution in [0.2, 0.25) is 0 Å². The first-order chi connectivity index (χ1) is 12.7. The van der Waals surface area contributed by atoms with E-state index in [9.17, 15) is 0 Å². The van der Waals surface area contributed by atoms with Gasteiger partial charge in [-0.3, -0.25) is 9.89 Å². The van der Waals surface area contributed by atoms with E-state index in [0.717, 1.165) is 31.5 Å². The number of thiophene rings is 1. The van der Waals surface area contributed by atoms with Crippen LogP contribution in [0.4, 0.5) is 5.00 Å². The molecule has 26 heavy (non-hydrogen) atoms. The van der Waals surface area contributed by atoms with Crippen molar-refractivity contribution in [1.82, 2.24) is 15.5 Å². The maximum Gasteiger partial charge on any atom is 0.191 e. The van der Waals surface area contributed by atoms with Crippen molar-refractivity contribution in [3.8, 4) is 0 Å². The van der Waals surface area contributed by atoms with Gasteiger partial charge in [-0.1, -0.05) is 13.8 Å². The van der Waals surface area contributed by atoms with E-state index in [2.05, 4.69) is 56.8 Å². The maximum absolute atomic E-state index is 4.46. The molecular formula is C20H35N5S. The lowest BCUT2D eigenvalue weighted by molar-refractivity contribution is 0.226. The summed E-state index contributed by atoms with van der Waals surface area (Å²) in [4.78, 5) is 9.61. The number of hydrogen-bond donors (Lipinski definition) is 2. The van der Waals surface area contributed by atoms with Crippen molar-refractivity contribution in [3.63, 3.8) is 0 Å². The topological polar surface area (TPSA) is 42.9 Å². The van der Waals surface area contributed by atoms with Gasteiger partial charge in [0.2, 0.25) is 0 Å². The number of nitrogens with one attached hydrogen (secondary N) is 2. The second kappa shape index (κ2) is 9.60. The minimum atomic E-state index is 0.521. The summed E-state index contributed by atoms with van der Waals surface area (Å²) in [6.45, 7) is 10.3. The Bertz CT molecular complexity index is 549. The zero-order valence-corrected chi connectivity index (χ0v) is 17.4. The zero-order chi connectivity index (χ0) is 18.4. The van der Waals surface area contributed by atoms with Crippen molar-refractivity contribution in [2.24, 2.45) is 10.9 Å². The van der Waals surface area contributed by atoms with Gasteiger partial charge < -0.3 is 15.5 Å². The number of nitrogens with zero attached hydrogens (tertiary/aromatic N) is 3. The van der Waals surface area contributed by atoms with E-state index in [0.29, 0.717) is 12.1 Å². The first-order valence-electron chi connectivity index (χ1n) is 10.2. The normalized spacial score (nSPS) is 23.0. The Morgan fingerprint density at radius 3 is 2.73 bits per heavy atom. The Balaban J connectivity index is 1.41. The van der Waals surface area contributed by atoms with Crippen LogP contribution in [0, 0.1) is 5.92 Å². The number of rotatable bonds is 6. The zero-order valence-electron chi connectivity index (χ0n) is 16.6. The Kier molecular flexibility index (Phi) is 7.20. The van der Waals surface area contributed by atoms with E-state index in [1.807, 2.05) is 18.4 Å². The summed E-state index contributed by atoms with van der Waals surface area (Å²) in [5.41, 5.74) is 0. The first-order valence-corrected chi connectivity index (χ1v) is 11.0. The van der Waals surface area contributed by atoms with Gasteiger partial charge >= 0.3 is 0 Å². The molecule has 0 radical (unpaired) electrons. The Morgan fingerprint density at radius 1 is 1.27 bits per heavy atom.